The fourth-order valence-electron chi connectivity index (χ4n) is 3.58. The fraction of sp³-hybridized carbons (Fsp3) is 0.737. The van der Waals surface area contributed by atoms with Crippen LogP contribution in [0.2, 0.25) is 0 Å². The Bertz CT molecular complexity index is 611. The van der Waals surface area contributed by atoms with E-state index in [2.05, 4.69) is 0 Å². The molecule has 1 heterocycles. The molecular formula is C19H30O8. The average Bonchev–Trinajstić information content (AvgIpc) is 2.58. The highest BCUT2D eigenvalue weighted by Crippen LogP contribution is 2.44. The molecule has 0 saturated carbocycles. The smallest absolute Gasteiger partial charge is 0.187 e. The summed E-state index contributed by atoms with van der Waals surface area (Å²) < 4.78 is 10.9. The zero-order valence-corrected chi connectivity index (χ0v) is 16.1. The number of ketones is 1. The second kappa shape index (κ2) is 8.08. The number of rotatable bonds is 5. The van der Waals surface area contributed by atoms with Gasteiger partial charge in [-0.1, -0.05) is 19.9 Å². The van der Waals surface area contributed by atoms with Crippen LogP contribution in [0.3, 0.4) is 0 Å². The predicted molar refractivity (Wildman–Crippen MR) is 95.6 cm³/mol. The first-order valence-electron chi connectivity index (χ1n) is 9.02. The molecule has 7 atom stereocenters. The van der Waals surface area contributed by atoms with E-state index in [0.717, 1.165) is 0 Å². The number of aliphatic hydroxyl groups is 5. The fourth-order valence-corrected chi connectivity index (χ4v) is 3.58. The van der Waals surface area contributed by atoms with E-state index < -0.39 is 54.4 Å². The summed E-state index contributed by atoms with van der Waals surface area (Å²) in [5.41, 5.74) is -1.52. The van der Waals surface area contributed by atoms with Crippen LogP contribution in [0, 0.1) is 5.41 Å². The van der Waals surface area contributed by atoms with Crippen LogP contribution in [0.25, 0.3) is 0 Å². The maximum Gasteiger partial charge on any atom is 0.187 e. The molecule has 1 aliphatic heterocycles. The molecule has 0 unspecified atom stereocenters. The van der Waals surface area contributed by atoms with Crippen molar-refractivity contribution in [2.24, 2.45) is 5.41 Å². The summed E-state index contributed by atoms with van der Waals surface area (Å²) in [6.07, 6.45) is -2.64. The van der Waals surface area contributed by atoms with Crippen LogP contribution in [0.5, 0.6) is 0 Å². The van der Waals surface area contributed by atoms with Crippen molar-refractivity contribution in [3.63, 3.8) is 0 Å². The van der Waals surface area contributed by atoms with Crippen LogP contribution >= 0.6 is 0 Å². The summed E-state index contributed by atoms with van der Waals surface area (Å²) in [5, 5.41) is 50.0. The lowest BCUT2D eigenvalue weighted by molar-refractivity contribution is -0.306. The van der Waals surface area contributed by atoms with Crippen molar-refractivity contribution in [2.45, 2.75) is 76.5 Å². The summed E-state index contributed by atoms with van der Waals surface area (Å²) >= 11 is 0. The first-order valence-corrected chi connectivity index (χ1v) is 9.02. The van der Waals surface area contributed by atoms with Gasteiger partial charge < -0.3 is 35.0 Å². The molecule has 0 spiro atoms. The van der Waals surface area contributed by atoms with Crippen LogP contribution in [0.15, 0.2) is 23.8 Å². The number of allylic oxidation sites excluding steroid dienone is 1. The molecule has 2 rings (SSSR count). The van der Waals surface area contributed by atoms with Gasteiger partial charge in [0.2, 0.25) is 0 Å². The van der Waals surface area contributed by atoms with Crippen molar-refractivity contribution >= 4 is 5.78 Å². The van der Waals surface area contributed by atoms with Gasteiger partial charge in [0, 0.05) is 11.8 Å². The molecule has 1 aliphatic carbocycles. The molecule has 0 aromatic rings. The van der Waals surface area contributed by atoms with Gasteiger partial charge in [0.15, 0.2) is 12.1 Å². The second-order valence-electron chi connectivity index (χ2n) is 8.02. The first-order chi connectivity index (χ1) is 12.4. The standard InChI is InChI=1S/C19H30O8/c1-10-7-12(21)8-18(3,4)19(10,25)6-5-11(2)26-17-16(24)15(23)14(22)13(9-20)27-17/h5-7,11,13-17,20,22-25H,8-9H2,1-4H3/b6-5+/t11-,13+,14+,15-,16-,17-,19-/m1/s1. The molecule has 0 bridgehead atoms. The lowest BCUT2D eigenvalue weighted by atomic mass is 9.64. The Balaban J connectivity index is 2.11. The lowest BCUT2D eigenvalue weighted by Gasteiger charge is -2.44. The van der Waals surface area contributed by atoms with E-state index in [4.69, 9.17) is 9.47 Å². The van der Waals surface area contributed by atoms with Gasteiger partial charge in [0.1, 0.15) is 30.0 Å². The van der Waals surface area contributed by atoms with E-state index in [1.54, 1.807) is 39.8 Å². The summed E-state index contributed by atoms with van der Waals surface area (Å²) in [6, 6.07) is 0. The molecule has 0 aromatic heterocycles. The molecule has 27 heavy (non-hydrogen) atoms. The molecule has 154 valence electrons. The lowest BCUT2D eigenvalue weighted by Crippen LogP contribution is -2.59. The number of carbonyl (C=O) groups excluding carboxylic acids is 1. The Hall–Kier alpha value is -1.13. The van der Waals surface area contributed by atoms with Gasteiger partial charge in [-0.25, -0.2) is 0 Å². The van der Waals surface area contributed by atoms with Crippen LogP contribution in [0.1, 0.15) is 34.1 Å². The van der Waals surface area contributed by atoms with E-state index in [1.807, 2.05) is 0 Å². The van der Waals surface area contributed by atoms with E-state index in [0.29, 0.717) is 5.57 Å². The molecule has 5 N–H and O–H groups in total. The third-order valence-electron chi connectivity index (χ3n) is 5.43. The van der Waals surface area contributed by atoms with Gasteiger partial charge in [-0.2, -0.15) is 0 Å². The minimum Gasteiger partial charge on any atom is -0.394 e. The van der Waals surface area contributed by atoms with Gasteiger partial charge in [0.25, 0.3) is 0 Å². The van der Waals surface area contributed by atoms with E-state index in [9.17, 15) is 30.3 Å². The minimum atomic E-state index is -1.52. The van der Waals surface area contributed by atoms with Gasteiger partial charge in [0.05, 0.1) is 12.7 Å². The van der Waals surface area contributed by atoms with Crippen molar-refractivity contribution in [1.29, 1.82) is 0 Å². The number of ether oxygens (including phenoxy) is 2. The van der Waals surface area contributed by atoms with E-state index >= 15 is 0 Å². The van der Waals surface area contributed by atoms with Crippen molar-refractivity contribution < 1.29 is 39.8 Å². The zero-order chi connectivity index (χ0) is 20.6. The third-order valence-corrected chi connectivity index (χ3v) is 5.43. The number of hydrogen-bond donors (Lipinski definition) is 5. The SMILES string of the molecule is CC1=CC(=O)CC(C)(C)[C@@]1(O)/C=C/[C@@H](C)O[C@@H]1O[C@@H](CO)[C@H](O)[C@@H](O)[C@H]1O. The van der Waals surface area contributed by atoms with Crippen molar-refractivity contribution in [2.75, 3.05) is 6.61 Å². The predicted octanol–water partition coefficient (Wildman–Crippen LogP) is -0.576. The molecule has 0 amide bonds. The molecular weight excluding hydrogens is 356 g/mol. The maximum absolute atomic E-state index is 11.8. The molecule has 1 saturated heterocycles. The number of hydrogen-bond acceptors (Lipinski definition) is 8. The minimum absolute atomic E-state index is 0.0406. The van der Waals surface area contributed by atoms with Crippen LogP contribution in [0.4, 0.5) is 0 Å². The maximum atomic E-state index is 11.8. The van der Waals surface area contributed by atoms with Gasteiger partial charge in [-0.3, -0.25) is 4.79 Å². The van der Waals surface area contributed by atoms with Gasteiger partial charge in [-0.15, -0.1) is 0 Å². The molecule has 8 nitrogen and oxygen atoms in total. The Morgan fingerprint density at radius 2 is 1.93 bits per heavy atom. The van der Waals surface area contributed by atoms with Crippen molar-refractivity contribution in [3.05, 3.63) is 23.8 Å². The first kappa shape index (κ1) is 22.2. The van der Waals surface area contributed by atoms with E-state index in [1.165, 1.54) is 6.08 Å². The largest absolute Gasteiger partial charge is 0.394 e. The monoisotopic (exact) mass is 386 g/mol. The highest BCUT2D eigenvalue weighted by molar-refractivity contribution is 5.92. The molecule has 0 aromatic carbocycles. The Labute approximate surface area is 158 Å². The Morgan fingerprint density at radius 1 is 1.30 bits per heavy atom. The topological polar surface area (TPSA) is 137 Å². The second-order valence-corrected chi connectivity index (χ2v) is 8.02. The summed E-state index contributed by atoms with van der Waals surface area (Å²) in [6.45, 7) is 6.40. The summed E-state index contributed by atoms with van der Waals surface area (Å²) in [7, 11) is 0. The van der Waals surface area contributed by atoms with Crippen LogP contribution in [-0.2, 0) is 14.3 Å². The summed E-state index contributed by atoms with van der Waals surface area (Å²) in [4.78, 5) is 11.8. The van der Waals surface area contributed by atoms with Crippen LogP contribution < -0.4 is 0 Å². The molecule has 2 aliphatic rings. The highest BCUT2D eigenvalue weighted by Gasteiger charge is 2.47. The molecule has 8 heteroatoms. The van der Waals surface area contributed by atoms with Gasteiger partial charge >= 0.3 is 0 Å². The van der Waals surface area contributed by atoms with Crippen LogP contribution in [-0.4, -0.2) is 80.3 Å². The van der Waals surface area contributed by atoms with Gasteiger partial charge in [-0.05, 0) is 31.6 Å². The third kappa shape index (κ3) is 4.32. The molecule has 1 fully saturated rings. The summed E-state index contributed by atoms with van der Waals surface area (Å²) in [5.74, 6) is -0.0406. The van der Waals surface area contributed by atoms with E-state index in [-0.39, 0.29) is 12.2 Å². The zero-order valence-electron chi connectivity index (χ0n) is 16.1. The van der Waals surface area contributed by atoms with Crippen molar-refractivity contribution in [1.82, 2.24) is 0 Å². The highest BCUT2D eigenvalue weighted by atomic mass is 16.7. The Morgan fingerprint density at radius 3 is 2.48 bits per heavy atom. The number of aliphatic hydroxyl groups excluding tert-OH is 4. The normalized spacial score (nSPS) is 40.9. The van der Waals surface area contributed by atoms with Crippen molar-refractivity contribution in [3.8, 4) is 0 Å². The average molecular weight is 386 g/mol. The number of carbonyl (C=O) groups is 1. The Kier molecular flexibility index (Phi) is 6.63. The quantitative estimate of drug-likeness (QED) is 0.396. The molecule has 0 radical (unpaired) electrons.